The maximum atomic E-state index is 7.35. The number of rotatable bonds is 8. The highest BCUT2D eigenvalue weighted by atomic mass is 16.5. The highest BCUT2D eigenvalue weighted by Gasteiger charge is 2.17. The number of hydrogen-bond donors (Lipinski definition) is 4. The van der Waals surface area contributed by atoms with E-state index >= 15 is 0 Å². The first-order valence-corrected chi connectivity index (χ1v) is 10.6. The zero-order chi connectivity index (χ0) is 25.7. The third-order valence-corrected chi connectivity index (χ3v) is 4.08. The number of nitrogens with one attached hydrogen (secondary N) is 1. The summed E-state index contributed by atoms with van der Waals surface area (Å²) >= 11 is 0. The summed E-state index contributed by atoms with van der Waals surface area (Å²) in [6.45, 7) is 14.2. The molecular weight excluding hydrogens is 406 g/mol. The van der Waals surface area contributed by atoms with Crippen LogP contribution < -0.4 is 16.9 Å². The minimum Gasteiger partial charge on any atom is -0.496 e. The number of allylic oxidation sites excluding steroid dienone is 2. The van der Waals surface area contributed by atoms with Crippen LogP contribution in [-0.4, -0.2) is 63.8 Å². The number of aliphatic hydroxyl groups excluding tert-OH is 1. The molecule has 0 fully saturated rings. The second kappa shape index (κ2) is 22.0. The van der Waals surface area contributed by atoms with Crippen molar-refractivity contribution in [2.45, 2.75) is 41.0 Å². The van der Waals surface area contributed by atoms with Gasteiger partial charge in [-0.2, -0.15) is 0 Å². The SMILES string of the molecule is C=C/C(OC)=C(CN)/C(=C(\C)Cc1cnc(C)cc1C)N(C)NC.CC.COC.NCO. The van der Waals surface area contributed by atoms with E-state index in [9.17, 15) is 0 Å². The molecule has 1 aromatic heterocycles. The molecular formula is C24H47N5O3. The van der Waals surface area contributed by atoms with Crippen molar-refractivity contribution in [1.82, 2.24) is 15.4 Å². The summed E-state index contributed by atoms with van der Waals surface area (Å²) in [5.41, 5.74) is 20.1. The minimum atomic E-state index is -0.250. The van der Waals surface area contributed by atoms with Crippen LogP contribution in [0.4, 0.5) is 0 Å². The molecule has 0 aromatic carbocycles. The Morgan fingerprint density at radius 3 is 2.09 bits per heavy atom. The van der Waals surface area contributed by atoms with Crippen LogP contribution in [0.25, 0.3) is 0 Å². The molecule has 8 nitrogen and oxygen atoms in total. The van der Waals surface area contributed by atoms with Gasteiger partial charge in [0.1, 0.15) is 5.76 Å². The van der Waals surface area contributed by atoms with Crippen LogP contribution in [0.5, 0.6) is 0 Å². The number of ether oxygens (including phenoxy) is 2. The molecule has 32 heavy (non-hydrogen) atoms. The second-order valence-electron chi connectivity index (χ2n) is 6.39. The Kier molecular flexibility index (Phi) is 23.6. The Labute approximate surface area is 196 Å². The van der Waals surface area contributed by atoms with Gasteiger partial charge in [-0.15, -0.1) is 0 Å². The predicted octanol–water partition coefficient (Wildman–Crippen LogP) is 2.81. The van der Waals surface area contributed by atoms with Gasteiger partial charge in [-0.3, -0.25) is 4.98 Å². The molecule has 0 unspecified atom stereocenters. The van der Waals surface area contributed by atoms with Crippen molar-refractivity contribution in [3.63, 3.8) is 0 Å². The van der Waals surface area contributed by atoms with Crippen molar-refractivity contribution in [3.8, 4) is 0 Å². The van der Waals surface area contributed by atoms with E-state index in [2.05, 4.69) is 47.4 Å². The molecule has 1 aromatic rings. The molecule has 0 aliphatic rings. The van der Waals surface area contributed by atoms with Crippen LogP contribution in [0, 0.1) is 13.8 Å². The fraction of sp³-hybridized carbons (Fsp3) is 0.542. The van der Waals surface area contributed by atoms with Gasteiger partial charge in [-0.05, 0) is 56.0 Å². The van der Waals surface area contributed by atoms with Crippen LogP contribution in [0.1, 0.15) is 37.6 Å². The standard InChI is InChI=1S/C19H30N4O.C2H6O.C2H6.CH5NO/c1-8-18(24-7)17(11-20)19(23(6)21-5)14(3)10-16-12-22-15(4)9-13(16)2;1-3-2;1-2;2-1-3/h8-9,12,21H,1,10-11,20H2,2-7H3;1-2H3;1-2H3;3H,1-2H2/b18-17-,19-14-;;;. The van der Waals surface area contributed by atoms with Crippen LogP contribution in [0.2, 0.25) is 0 Å². The number of likely N-dealkylation sites (N-methyl/N-ethyl adjacent to an activating group) is 1. The van der Waals surface area contributed by atoms with Gasteiger partial charge in [0.05, 0.1) is 19.5 Å². The van der Waals surface area contributed by atoms with Gasteiger partial charge < -0.3 is 31.1 Å². The van der Waals surface area contributed by atoms with E-state index in [1.807, 2.05) is 46.1 Å². The number of hydrazine groups is 1. The van der Waals surface area contributed by atoms with E-state index < -0.39 is 0 Å². The molecule has 0 radical (unpaired) electrons. The van der Waals surface area contributed by atoms with Crippen molar-refractivity contribution in [1.29, 1.82) is 0 Å². The first kappa shape index (κ1) is 34.4. The highest BCUT2D eigenvalue weighted by molar-refractivity contribution is 5.41. The van der Waals surface area contributed by atoms with E-state index in [1.54, 1.807) is 27.4 Å². The molecule has 0 atom stereocenters. The van der Waals surface area contributed by atoms with E-state index in [1.165, 1.54) is 16.7 Å². The van der Waals surface area contributed by atoms with E-state index in [4.69, 9.17) is 15.6 Å². The lowest BCUT2D eigenvalue weighted by atomic mass is 9.98. The fourth-order valence-corrected chi connectivity index (χ4v) is 2.78. The minimum absolute atomic E-state index is 0.250. The number of pyridine rings is 1. The molecule has 0 bridgehead atoms. The largest absolute Gasteiger partial charge is 0.496 e. The van der Waals surface area contributed by atoms with Crippen molar-refractivity contribution in [2.24, 2.45) is 11.5 Å². The van der Waals surface area contributed by atoms with Crippen molar-refractivity contribution in [2.75, 3.05) is 48.7 Å². The molecule has 0 amide bonds. The first-order valence-electron chi connectivity index (χ1n) is 10.6. The lowest BCUT2D eigenvalue weighted by molar-refractivity contribution is 0.277. The van der Waals surface area contributed by atoms with Crippen LogP contribution in [0.15, 0.2) is 47.5 Å². The van der Waals surface area contributed by atoms with Crippen LogP contribution >= 0.6 is 0 Å². The first-order chi connectivity index (χ1) is 15.2. The average molecular weight is 454 g/mol. The van der Waals surface area contributed by atoms with Crippen LogP contribution in [0.3, 0.4) is 0 Å². The van der Waals surface area contributed by atoms with Gasteiger partial charge in [0.2, 0.25) is 0 Å². The van der Waals surface area contributed by atoms with E-state index in [0.29, 0.717) is 12.3 Å². The lowest BCUT2D eigenvalue weighted by Gasteiger charge is -2.27. The zero-order valence-corrected chi connectivity index (χ0v) is 21.9. The summed E-state index contributed by atoms with van der Waals surface area (Å²) in [5.74, 6) is 0.688. The zero-order valence-electron chi connectivity index (χ0n) is 21.9. The number of aromatic nitrogens is 1. The number of nitrogens with zero attached hydrogens (tertiary/aromatic N) is 2. The summed E-state index contributed by atoms with van der Waals surface area (Å²) in [6.07, 6.45) is 4.43. The Balaban J connectivity index is -0.000000920. The second-order valence-corrected chi connectivity index (χ2v) is 6.39. The number of hydrogen-bond acceptors (Lipinski definition) is 8. The molecule has 186 valence electrons. The van der Waals surface area contributed by atoms with Crippen molar-refractivity contribution >= 4 is 0 Å². The van der Waals surface area contributed by atoms with E-state index in [-0.39, 0.29) is 6.73 Å². The fourth-order valence-electron chi connectivity index (χ4n) is 2.78. The van der Waals surface area contributed by atoms with Gasteiger partial charge in [-0.25, -0.2) is 5.43 Å². The Hall–Kier alpha value is -2.23. The summed E-state index contributed by atoms with van der Waals surface area (Å²) in [7, 11) is 8.72. The van der Waals surface area contributed by atoms with Crippen molar-refractivity contribution < 1.29 is 14.6 Å². The Morgan fingerprint density at radius 2 is 1.75 bits per heavy atom. The number of aliphatic hydroxyl groups is 1. The Bertz CT molecular complexity index is 686. The summed E-state index contributed by atoms with van der Waals surface area (Å²) in [5, 5.41) is 9.30. The normalized spacial score (nSPS) is 11.2. The quantitative estimate of drug-likeness (QED) is 0.205. The molecule has 0 aliphatic heterocycles. The van der Waals surface area contributed by atoms with Gasteiger partial charge >= 0.3 is 0 Å². The molecule has 6 N–H and O–H groups in total. The highest BCUT2D eigenvalue weighted by Crippen LogP contribution is 2.24. The number of methoxy groups -OCH3 is 2. The molecule has 1 rings (SSSR count). The van der Waals surface area contributed by atoms with E-state index in [0.717, 1.165) is 23.4 Å². The summed E-state index contributed by atoms with van der Waals surface area (Å²) in [4.78, 5) is 4.42. The number of aryl methyl sites for hydroxylation is 2. The smallest absolute Gasteiger partial charge is 0.124 e. The van der Waals surface area contributed by atoms with Gasteiger partial charge in [-0.1, -0.05) is 20.4 Å². The molecule has 1 heterocycles. The molecule has 0 aliphatic carbocycles. The van der Waals surface area contributed by atoms with Crippen molar-refractivity contribution in [3.05, 3.63) is 64.3 Å². The van der Waals surface area contributed by atoms with Crippen LogP contribution in [-0.2, 0) is 15.9 Å². The predicted molar refractivity (Wildman–Crippen MR) is 136 cm³/mol. The molecule has 8 heteroatoms. The maximum Gasteiger partial charge on any atom is 0.124 e. The lowest BCUT2D eigenvalue weighted by Crippen LogP contribution is -2.34. The number of nitrogens with two attached hydrogens (primary N) is 2. The molecule has 0 saturated heterocycles. The van der Waals surface area contributed by atoms with Gasteiger partial charge in [0.15, 0.2) is 0 Å². The van der Waals surface area contributed by atoms with Gasteiger partial charge in [0, 0.05) is 52.3 Å². The maximum absolute atomic E-state index is 7.35. The third-order valence-electron chi connectivity index (χ3n) is 4.08. The van der Waals surface area contributed by atoms with Gasteiger partial charge in [0.25, 0.3) is 0 Å². The topological polar surface area (TPSA) is 119 Å². The third kappa shape index (κ3) is 13.2. The Morgan fingerprint density at radius 1 is 1.25 bits per heavy atom. The average Bonchev–Trinajstić information content (AvgIpc) is 2.77. The summed E-state index contributed by atoms with van der Waals surface area (Å²) in [6, 6.07) is 2.11. The monoisotopic (exact) mass is 453 g/mol. The molecule has 0 saturated carbocycles. The summed E-state index contributed by atoms with van der Waals surface area (Å²) < 4.78 is 9.70. The molecule has 0 spiro atoms.